The minimum absolute atomic E-state index is 0.0143. The number of hydrogen-bond acceptors (Lipinski definition) is 6. The first-order chi connectivity index (χ1) is 15.1. The average Bonchev–Trinajstić information content (AvgIpc) is 2.79. The highest BCUT2D eigenvalue weighted by Gasteiger charge is 2.09. The van der Waals surface area contributed by atoms with Crippen LogP contribution in [0.2, 0.25) is 0 Å². The second-order valence-corrected chi connectivity index (χ2v) is 7.81. The Kier molecular flexibility index (Phi) is 11.0. The number of likely N-dealkylation sites (N-methyl/N-ethyl adjacent to an activating group) is 1. The zero-order chi connectivity index (χ0) is 22.5. The molecule has 1 aromatic carbocycles. The van der Waals surface area contributed by atoms with Gasteiger partial charge >= 0.3 is 6.01 Å². The van der Waals surface area contributed by atoms with Crippen molar-refractivity contribution in [3.63, 3.8) is 0 Å². The first-order valence-electron chi connectivity index (χ1n) is 11.3. The van der Waals surface area contributed by atoms with Crippen molar-refractivity contribution < 1.29 is 9.53 Å². The van der Waals surface area contributed by atoms with Crippen LogP contribution in [0.5, 0.6) is 6.01 Å². The lowest BCUT2D eigenvalue weighted by molar-refractivity contribution is -0.128. The van der Waals surface area contributed by atoms with Crippen LogP contribution in [0.3, 0.4) is 0 Å². The van der Waals surface area contributed by atoms with Crippen LogP contribution in [-0.4, -0.2) is 65.5 Å². The van der Waals surface area contributed by atoms with Crippen molar-refractivity contribution in [1.82, 2.24) is 19.8 Å². The number of carbonyl (C=O) groups is 1. The first kappa shape index (κ1) is 24.8. The normalized spacial score (nSPS) is 11.0. The van der Waals surface area contributed by atoms with Gasteiger partial charge in [-0.1, -0.05) is 44.9 Å². The Bertz CT molecular complexity index is 782. The lowest BCUT2D eigenvalue weighted by atomic mass is 10.1. The standard InChI is InChI=1S/C24H37N5O2/c1-4-6-7-12-29(11-5-2)13-14-31-24-26-17-22(18-27-24)21-10-8-9-20(15-21)19-28(3)23(30)16-25/h8-10,15,17-18H,4-7,11-14,16,19,25H2,1-3H3. The fraction of sp³-hybridized carbons (Fsp3) is 0.542. The molecule has 0 fully saturated rings. The van der Waals surface area contributed by atoms with E-state index in [0.29, 0.717) is 19.2 Å². The second kappa shape index (κ2) is 13.7. The Morgan fingerprint density at radius 3 is 2.48 bits per heavy atom. The Balaban J connectivity index is 1.90. The highest BCUT2D eigenvalue weighted by atomic mass is 16.5. The van der Waals surface area contributed by atoms with Crippen LogP contribution in [0.1, 0.15) is 45.1 Å². The molecular formula is C24H37N5O2. The van der Waals surface area contributed by atoms with Crippen molar-refractivity contribution >= 4 is 5.91 Å². The van der Waals surface area contributed by atoms with Gasteiger partial charge in [0.2, 0.25) is 5.91 Å². The first-order valence-corrected chi connectivity index (χ1v) is 11.3. The molecule has 0 spiro atoms. The van der Waals surface area contributed by atoms with Gasteiger partial charge < -0.3 is 15.4 Å². The molecule has 0 atom stereocenters. The summed E-state index contributed by atoms with van der Waals surface area (Å²) in [5.41, 5.74) is 8.38. The van der Waals surface area contributed by atoms with Crippen LogP contribution >= 0.6 is 0 Å². The highest BCUT2D eigenvalue weighted by Crippen LogP contribution is 2.20. The van der Waals surface area contributed by atoms with Crippen molar-refractivity contribution in [2.75, 3.05) is 39.8 Å². The van der Waals surface area contributed by atoms with Gasteiger partial charge in [-0.05, 0) is 43.1 Å². The molecule has 7 nitrogen and oxygen atoms in total. The molecule has 0 saturated carbocycles. The third kappa shape index (κ3) is 8.63. The molecule has 0 radical (unpaired) electrons. The molecule has 170 valence electrons. The Labute approximate surface area is 186 Å². The second-order valence-electron chi connectivity index (χ2n) is 7.81. The summed E-state index contributed by atoms with van der Waals surface area (Å²) in [5.74, 6) is -0.0851. The molecule has 0 unspecified atom stereocenters. The number of aromatic nitrogens is 2. The van der Waals surface area contributed by atoms with E-state index in [-0.39, 0.29) is 12.5 Å². The summed E-state index contributed by atoms with van der Waals surface area (Å²) in [4.78, 5) is 24.5. The van der Waals surface area contributed by atoms with Gasteiger partial charge in [-0.25, -0.2) is 9.97 Å². The minimum Gasteiger partial charge on any atom is -0.462 e. The number of unbranched alkanes of at least 4 members (excludes halogenated alkanes) is 2. The quantitative estimate of drug-likeness (QED) is 0.466. The van der Waals surface area contributed by atoms with E-state index in [1.165, 1.54) is 19.3 Å². The van der Waals surface area contributed by atoms with Gasteiger partial charge in [-0.15, -0.1) is 0 Å². The van der Waals surface area contributed by atoms with E-state index in [2.05, 4.69) is 28.7 Å². The number of hydrogen-bond donors (Lipinski definition) is 1. The van der Waals surface area contributed by atoms with Crippen LogP contribution in [0.25, 0.3) is 11.1 Å². The van der Waals surface area contributed by atoms with Gasteiger partial charge in [0.25, 0.3) is 0 Å². The van der Waals surface area contributed by atoms with Crippen molar-refractivity contribution in [1.29, 1.82) is 0 Å². The molecule has 0 aliphatic carbocycles. The minimum atomic E-state index is -0.0851. The lowest BCUT2D eigenvalue weighted by Crippen LogP contribution is -2.32. The van der Waals surface area contributed by atoms with Crippen LogP contribution in [0, 0.1) is 0 Å². The fourth-order valence-electron chi connectivity index (χ4n) is 3.41. The zero-order valence-corrected chi connectivity index (χ0v) is 19.2. The lowest BCUT2D eigenvalue weighted by Gasteiger charge is -2.21. The van der Waals surface area contributed by atoms with Gasteiger partial charge in [0.05, 0.1) is 6.54 Å². The topological polar surface area (TPSA) is 84.6 Å². The maximum atomic E-state index is 11.7. The maximum Gasteiger partial charge on any atom is 0.316 e. The van der Waals surface area contributed by atoms with Crippen LogP contribution in [0.15, 0.2) is 36.7 Å². The summed E-state index contributed by atoms with van der Waals surface area (Å²) in [6.45, 7) is 8.65. The summed E-state index contributed by atoms with van der Waals surface area (Å²) in [6, 6.07) is 8.41. The molecule has 1 heterocycles. The molecule has 0 bridgehead atoms. The van der Waals surface area contributed by atoms with E-state index in [4.69, 9.17) is 10.5 Å². The molecule has 7 heteroatoms. The largest absolute Gasteiger partial charge is 0.462 e. The average molecular weight is 428 g/mol. The summed E-state index contributed by atoms with van der Waals surface area (Å²) in [7, 11) is 1.75. The van der Waals surface area contributed by atoms with Crippen molar-refractivity contribution in [3.8, 4) is 17.1 Å². The maximum absolute atomic E-state index is 11.7. The third-order valence-electron chi connectivity index (χ3n) is 5.16. The van der Waals surface area contributed by atoms with E-state index in [9.17, 15) is 4.79 Å². The van der Waals surface area contributed by atoms with Crippen LogP contribution in [-0.2, 0) is 11.3 Å². The smallest absolute Gasteiger partial charge is 0.316 e. The van der Waals surface area contributed by atoms with Gasteiger partial charge in [0, 0.05) is 38.1 Å². The molecule has 0 aliphatic heterocycles. The number of carbonyl (C=O) groups excluding carboxylic acids is 1. The molecule has 1 aromatic heterocycles. The van der Waals surface area contributed by atoms with Crippen molar-refractivity contribution in [2.45, 2.75) is 46.1 Å². The molecule has 31 heavy (non-hydrogen) atoms. The Hall–Kier alpha value is -2.51. The van der Waals surface area contributed by atoms with E-state index in [1.54, 1.807) is 24.3 Å². The molecular weight excluding hydrogens is 390 g/mol. The number of nitrogens with zero attached hydrogens (tertiary/aromatic N) is 4. The zero-order valence-electron chi connectivity index (χ0n) is 19.2. The van der Waals surface area contributed by atoms with Gasteiger partial charge in [-0.2, -0.15) is 0 Å². The Morgan fingerprint density at radius 2 is 1.81 bits per heavy atom. The molecule has 1 amide bonds. The molecule has 2 rings (SSSR count). The molecule has 2 N–H and O–H groups in total. The summed E-state index contributed by atoms with van der Waals surface area (Å²) < 4.78 is 5.78. The van der Waals surface area contributed by atoms with Crippen LogP contribution < -0.4 is 10.5 Å². The highest BCUT2D eigenvalue weighted by molar-refractivity contribution is 5.77. The fourth-order valence-corrected chi connectivity index (χ4v) is 3.41. The molecule has 0 saturated heterocycles. The van der Waals surface area contributed by atoms with Gasteiger partial charge in [0.15, 0.2) is 0 Å². The number of ether oxygens (including phenoxy) is 1. The van der Waals surface area contributed by atoms with Crippen molar-refractivity contribution in [3.05, 3.63) is 42.2 Å². The van der Waals surface area contributed by atoms with Gasteiger partial charge in [-0.3, -0.25) is 9.69 Å². The SMILES string of the molecule is CCCCCN(CCC)CCOc1ncc(-c2cccc(CN(C)C(=O)CN)c2)cn1. The third-order valence-corrected chi connectivity index (χ3v) is 5.16. The number of rotatable bonds is 14. The summed E-state index contributed by atoms with van der Waals surface area (Å²) >= 11 is 0. The molecule has 0 aliphatic rings. The summed E-state index contributed by atoms with van der Waals surface area (Å²) in [6.07, 6.45) is 8.44. The van der Waals surface area contributed by atoms with E-state index in [1.807, 2.05) is 24.3 Å². The van der Waals surface area contributed by atoms with E-state index >= 15 is 0 Å². The van der Waals surface area contributed by atoms with E-state index in [0.717, 1.165) is 42.7 Å². The number of nitrogens with two attached hydrogens (primary N) is 1. The molecule has 2 aromatic rings. The summed E-state index contributed by atoms with van der Waals surface area (Å²) in [5, 5.41) is 0. The monoisotopic (exact) mass is 427 g/mol. The number of amides is 1. The van der Waals surface area contributed by atoms with Gasteiger partial charge in [0.1, 0.15) is 6.61 Å². The van der Waals surface area contributed by atoms with E-state index < -0.39 is 0 Å². The Morgan fingerprint density at radius 1 is 1.03 bits per heavy atom. The van der Waals surface area contributed by atoms with Crippen LogP contribution in [0.4, 0.5) is 0 Å². The predicted octanol–water partition coefficient (Wildman–Crippen LogP) is 3.34. The van der Waals surface area contributed by atoms with Crippen molar-refractivity contribution in [2.24, 2.45) is 5.73 Å². The number of benzene rings is 1. The predicted molar refractivity (Wildman–Crippen MR) is 125 cm³/mol.